The number of anilines is 1. The molecule has 1 aliphatic rings. The van der Waals surface area contributed by atoms with Crippen molar-refractivity contribution in [2.45, 2.75) is 13.8 Å². The Hall–Kier alpha value is -2.88. The van der Waals surface area contributed by atoms with E-state index in [-0.39, 0.29) is 11.7 Å². The summed E-state index contributed by atoms with van der Waals surface area (Å²) in [5, 5.41) is 15.2. The van der Waals surface area contributed by atoms with E-state index in [0.717, 1.165) is 16.8 Å². The average molecular weight is 292 g/mol. The molecule has 22 heavy (non-hydrogen) atoms. The Morgan fingerprint density at radius 3 is 2.32 bits per heavy atom. The van der Waals surface area contributed by atoms with Crippen molar-refractivity contribution in [1.29, 1.82) is 0 Å². The van der Waals surface area contributed by atoms with Crippen LogP contribution in [-0.2, 0) is 4.79 Å². The highest BCUT2D eigenvalue weighted by Gasteiger charge is 2.30. The van der Waals surface area contributed by atoms with Gasteiger partial charge in [-0.15, -0.1) is 0 Å². The minimum absolute atomic E-state index is 0.130. The molecule has 1 heterocycles. The van der Waals surface area contributed by atoms with Crippen molar-refractivity contribution in [2.75, 3.05) is 5.01 Å². The number of benzene rings is 2. The number of carbonyl (C=O) groups is 1. The third-order valence-electron chi connectivity index (χ3n) is 3.69. The number of amides is 1. The van der Waals surface area contributed by atoms with Gasteiger partial charge in [-0.25, -0.2) is 0 Å². The lowest BCUT2D eigenvalue weighted by Gasteiger charge is -2.12. The van der Waals surface area contributed by atoms with Gasteiger partial charge in [0.25, 0.3) is 5.91 Å². The highest BCUT2D eigenvalue weighted by Crippen LogP contribution is 2.29. The Morgan fingerprint density at radius 2 is 1.68 bits per heavy atom. The van der Waals surface area contributed by atoms with E-state index >= 15 is 0 Å². The number of aromatic hydroxyl groups is 1. The van der Waals surface area contributed by atoms with Gasteiger partial charge in [0.2, 0.25) is 0 Å². The molecular formula is C18H16N2O2. The number of para-hydroxylation sites is 1. The molecule has 0 aromatic heterocycles. The van der Waals surface area contributed by atoms with E-state index in [1.807, 2.05) is 44.2 Å². The van der Waals surface area contributed by atoms with Crippen LogP contribution in [0.3, 0.4) is 0 Å². The van der Waals surface area contributed by atoms with Crippen LogP contribution in [0, 0.1) is 0 Å². The topological polar surface area (TPSA) is 52.9 Å². The zero-order valence-electron chi connectivity index (χ0n) is 12.4. The Kier molecular flexibility index (Phi) is 3.51. The lowest BCUT2D eigenvalue weighted by Crippen LogP contribution is -2.21. The minimum Gasteiger partial charge on any atom is -0.508 e. The van der Waals surface area contributed by atoms with Gasteiger partial charge in [0.15, 0.2) is 0 Å². The Labute approximate surface area is 129 Å². The lowest BCUT2D eigenvalue weighted by atomic mass is 9.98. The van der Waals surface area contributed by atoms with E-state index in [0.29, 0.717) is 11.3 Å². The number of carbonyl (C=O) groups excluding carboxylic acids is 1. The van der Waals surface area contributed by atoms with Crippen LogP contribution in [0.5, 0.6) is 5.75 Å². The molecule has 2 aromatic rings. The third kappa shape index (κ3) is 2.39. The van der Waals surface area contributed by atoms with E-state index in [1.54, 1.807) is 24.3 Å². The van der Waals surface area contributed by atoms with Gasteiger partial charge in [-0.05, 0) is 49.2 Å². The van der Waals surface area contributed by atoms with Crippen LogP contribution in [0.2, 0.25) is 0 Å². The number of phenolic OH excluding ortho intramolecular Hbond substituents is 1. The van der Waals surface area contributed by atoms with Crippen molar-refractivity contribution < 1.29 is 9.90 Å². The van der Waals surface area contributed by atoms with Gasteiger partial charge in [-0.3, -0.25) is 4.79 Å². The molecule has 2 aromatic carbocycles. The molecule has 0 atom stereocenters. The molecule has 3 rings (SSSR count). The maximum absolute atomic E-state index is 12.7. The fourth-order valence-electron chi connectivity index (χ4n) is 2.54. The first-order valence-electron chi connectivity index (χ1n) is 7.03. The summed E-state index contributed by atoms with van der Waals surface area (Å²) in [6, 6.07) is 16.2. The van der Waals surface area contributed by atoms with Crippen LogP contribution in [0.4, 0.5) is 5.69 Å². The maximum atomic E-state index is 12.7. The number of hydrogen-bond donors (Lipinski definition) is 1. The number of hydrogen-bond acceptors (Lipinski definition) is 3. The summed E-state index contributed by atoms with van der Waals surface area (Å²) < 4.78 is 0. The van der Waals surface area contributed by atoms with Crippen molar-refractivity contribution in [3.05, 3.63) is 65.7 Å². The summed E-state index contributed by atoms with van der Waals surface area (Å²) >= 11 is 0. The van der Waals surface area contributed by atoms with Crippen LogP contribution in [0.15, 0.2) is 65.3 Å². The first-order chi connectivity index (χ1) is 10.6. The second kappa shape index (κ2) is 5.48. The smallest absolute Gasteiger partial charge is 0.280 e. The number of hydrazone groups is 1. The van der Waals surface area contributed by atoms with Crippen molar-refractivity contribution in [3.63, 3.8) is 0 Å². The molecule has 0 saturated carbocycles. The fraction of sp³-hybridized carbons (Fsp3) is 0.111. The maximum Gasteiger partial charge on any atom is 0.280 e. The number of nitrogens with zero attached hydrogens (tertiary/aromatic N) is 2. The zero-order valence-corrected chi connectivity index (χ0v) is 12.4. The number of rotatable bonds is 2. The third-order valence-corrected chi connectivity index (χ3v) is 3.69. The van der Waals surface area contributed by atoms with Crippen LogP contribution in [0.25, 0.3) is 5.57 Å². The molecular weight excluding hydrogens is 276 g/mol. The van der Waals surface area contributed by atoms with Gasteiger partial charge in [-0.2, -0.15) is 10.1 Å². The molecule has 4 nitrogen and oxygen atoms in total. The van der Waals surface area contributed by atoms with Crippen LogP contribution >= 0.6 is 0 Å². The Balaban J connectivity index is 2.02. The fourth-order valence-corrected chi connectivity index (χ4v) is 2.54. The molecule has 0 bridgehead atoms. The second-order valence-electron chi connectivity index (χ2n) is 5.18. The van der Waals surface area contributed by atoms with Crippen LogP contribution in [0.1, 0.15) is 19.4 Å². The molecule has 1 aliphatic heterocycles. The summed E-state index contributed by atoms with van der Waals surface area (Å²) in [5.74, 6) is 0.0740. The van der Waals surface area contributed by atoms with E-state index in [1.165, 1.54) is 5.01 Å². The van der Waals surface area contributed by atoms with Gasteiger partial charge in [-0.1, -0.05) is 30.3 Å². The monoisotopic (exact) mass is 292 g/mol. The quantitative estimate of drug-likeness (QED) is 0.860. The van der Waals surface area contributed by atoms with Gasteiger partial charge in [0, 0.05) is 0 Å². The molecule has 0 saturated heterocycles. The van der Waals surface area contributed by atoms with E-state index in [9.17, 15) is 9.90 Å². The summed E-state index contributed by atoms with van der Waals surface area (Å²) in [6.07, 6.45) is 0. The van der Waals surface area contributed by atoms with Crippen LogP contribution in [-0.4, -0.2) is 16.7 Å². The summed E-state index contributed by atoms with van der Waals surface area (Å²) in [4.78, 5) is 12.7. The second-order valence-corrected chi connectivity index (χ2v) is 5.18. The standard InChI is InChI=1S/C18H16N2O2/c1-12(14-8-10-16(21)11-9-14)17-13(2)19-20(18(17)22)15-6-4-3-5-7-15/h3-11,21H,1-2H3/b17-12-. The molecule has 110 valence electrons. The lowest BCUT2D eigenvalue weighted by molar-refractivity contribution is -0.114. The van der Waals surface area contributed by atoms with Crippen LogP contribution < -0.4 is 5.01 Å². The van der Waals surface area contributed by atoms with E-state index in [4.69, 9.17) is 0 Å². The van der Waals surface area contributed by atoms with Gasteiger partial charge in [0.1, 0.15) is 5.75 Å². The number of allylic oxidation sites excluding steroid dienone is 1. The van der Waals surface area contributed by atoms with Crippen molar-refractivity contribution in [3.8, 4) is 5.75 Å². The van der Waals surface area contributed by atoms with E-state index in [2.05, 4.69) is 5.10 Å². The van der Waals surface area contributed by atoms with Gasteiger partial charge in [0.05, 0.1) is 17.0 Å². The molecule has 1 amide bonds. The normalized spacial score (nSPS) is 16.7. The largest absolute Gasteiger partial charge is 0.508 e. The average Bonchev–Trinajstić information content (AvgIpc) is 2.83. The molecule has 0 aliphatic carbocycles. The van der Waals surface area contributed by atoms with Crippen molar-refractivity contribution >= 4 is 22.9 Å². The predicted octanol–water partition coefficient (Wildman–Crippen LogP) is 3.59. The first kappa shape index (κ1) is 14.1. The van der Waals surface area contributed by atoms with Crippen molar-refractivity contribution in [1.82, 2.24) is 0 Å². The molecule has 0 spiro atoms. The number of phenols is 1. The molecule has 0 radical (unpaired) electrons. The Bertz CT molecular complexity index is 774. The van der Waals surface area contributed by atoms with Crippen molar-refractivity contribution in [2.24, 2.45) is 5.10 Å². The SMILES string of the molecule is CC1=NN(c2ccccc2)C(=O)/C1=C(/C)c1ccc(O)cc1. The summed E-state index contributed by atoms with van der Waals surface area (Å²) in [5.41, 5.74) is 3.80. The first-order valence-corrected chi connectivity index (χ1v) is 7.03. The minimum atomic E-state index is -0.130. The molecule has 4 heteroatoms. The van der Waals surface area contributed by atoms with Gasteiger partial charge < -0.3 is 5.11 Å². The Morgan fingerprint density at radius 1 is 1.05 bits per heavy atom. The highest BCUT2D eigenvalue weighted by molar-refractivity contribution is 6.33. The predicted molar refractivity (Wildman–Crippen MR) is 87.7 cm³/mol. The summed E-state index contributed by atoms with van der Waals surface area (Å²) in [7, 11) is 0. The van der Waals surface area contributed by atoms with E-state index < -0.39 is 0 Å². The molecule has 0 fully saturated rings. The molecule has 0 unspecified atom stereocenters. The summed E-state index contributed by atoms with van der Waals surface area (Å²) in [6.45, 7) is 3.73. The molecule has 1 N–H and O–H groups in total. The van der Waals surface area contributed by atoms with Gasteiger partial charge >= 0.3 is 0 Å². The highest BCUT2D eigenvalue weighted by atomic mass is 16.3. The zero-order chi connectivity index (χ0) is 15.7.